The van der Waals surface area contributed by atoms with Crippen molar-refractivity contribution in [2.75, 3.05) is 13.2 Å². The minimum atomic E-state index is -1.05. The van der Waals surface area contributed by atoms with Gasteiger partial charge in [0.15, 0.2) is 6.10 Å². The van der Waals surface area contributed by atoms with Gasteiger partial charge in [-0.2, -0.15) is 0 Å². The average molecular weight is 184 g/mol. The normalized spacial score (nSPS) is 11.5. The van der Waals surface area contributed by atoms with E-state index in [1.165, 1.54) is 0 Å². The number of halogens is 1. The Hall–Kier alpha value is -0.320. The maximum atomic E-state index is 10.6. The van der Waals surface area contributed by atoms with Gasteiger partial charge in [0.05, 0.1) is 6.61 Å². The number of ether oxygens (including phenoxy) is 1. The molecule has 0 aliphatic heterocycles. The predicted octanol–water partition coefficient (Wildman–Crippen LogP) is -0.319. The molecule has 0 rings (SSSR count). The Bertz CT molecular complexity index is 110. The van der Waals surface area contributed by atoms with Crippen molar-refractivity contribution in [2.24, 2.45) is 5.73 Å². The number of hydrogen-bond acceptors (Lipinski definition) is 4. The topological polar surface area (TPSA) is 72.5 Å². The maximum absolute atomic E-state index is 10.6. The first-order valence-electron chi connectivity index (χ1n) is 3.27. The fourth-order valence-electron chi connectivity index (χ4n) is 0.514. The van der Waals surface area contributed by atoms with Crippen molar-refractivity contribution in [2.45, 2.75) is 19.4 Å². The van der Waals surface area contributed by atoms with Crippen LogP contribution in [-0.2, 0) is 9.53 Å². The second-order valence-corrected chi connectivity index (χ2v) is 1.85. The summed E-state index contributed by atoms with van der Waals surface area (Å²) < 4.78 is 4.51. The molecule has 11 heavy (non-hydrogen) atoms. The van der Waals surface area contributed by atoms with Crippen LogP contribution in [0, 0.1) is 0 Å². The molecule has 5 heteroatoms. The highest BCUT2D eigenvalue weighted by atomic mass is 35.5. The molecule has 1 unspecified atom stereocenters. The Morgan fingerprint density at radius 2 is 2.27 bits per heavy atom. The van der Waals surface area contributed by atoms with E-state index in [9.17, 15) is 4.79 Å². The van der Waals surface area contributed by atoms with Gasteiger partial charge in [-0.1, -0.05) is 0 Å². The number of hydrogen-bond donors (Lipinski definition) is 2. The zero-order valence-electron chi connectivity index (χ0n) is 6.45. The minimum Gasteiger partial charge on any atom is -0.464 e. The zero-order chi connectivity index (χ0) is 7.98. The third kappa shape index (κ3) is 6.09. The first kappa shape index (κ1) is 13.3. The molecular formula is C6H14ClNO3. The lowest BCUT2D eigenvalue weighted by Gasteiger charge is -2.06. The van der Waals surface area contributed by atoms with E-state index in [0.29, 0.717) is 13.2 Å². The smallest absolute Gasteiger partial charge is 0.334 e. The summed E-state index contributed by atoms with van der Waals surface area (Å²) >= 11 is 0. The summed E-state index contributed by atoms with van der Waals surface area (Å²) in [4.78, 5) is 10.6. The molecule has 0 amide bonds. The summed E-state index contributed by atoms with van der Waals surface area (Å²) in [6.45, 7) is 2.27. The number of carbonyl (C=O) groups excluding carboxylic acids is 1. The SMILES string of the molecule is CCOC(=O)C(O)CCN.Cl. The van der Waals surface area contributed by atoms with Gasteiger partial charge in [-0.05, 0) is 19.9 Å². The van der Waals surface area contributed by atoms with E-state index in [0.717, 1.165) is 0 Å². The summed E-state index contributed by atoms with van der Waals surface area (Å²) in [6, 6.07) is 0. The van der Waals surface area contributed by atoms with Gasteiger partial charge in [0, 0.05) is 0 Å². The molecule has 0 aromatic heterocycles. The monoisotopic (exact) mass is 183 g/mol. The van der Waals surface area contributed by atoms with Gasteiger partial charge in [-0.3, -0.25) is 0 Å². The summed E-state index contributed by atoms with van der Waals surface area (Å²) in [5, 5.41) is 8.89. The van der Waals surface area contributed by atoms with Crippen LogP contribution in [0.1, 0.15) is 13.3 Å². The van der Waals surface area contributed by atoms with Crippen LogP contribution < -0.4 is 5.73 Å². The van der Waals surface area contributed by atoms with Crippen molar-refractivity contribution in [3.63, 3.8) is 0 Å². The van der Waals surface area contributed by atoms with Crippen LogP contribution in [0.15, 0.2) is 0 Å². The highest BCUT2D eigenvalue weighted by Gasteiger charge is 2.13. The van der Waals surface area contributed by atoms with E-state index in [4.69, 9.17) is 10.8 Å². The van der Waals surface area contributed by atoms with Gasteiger partial charge >= 0.3 is 5.97 Å². The van der Waals surface area contributed by atoms with E-state index in [1.54, 1.807) is 6.92 Å². The lowest BCUT2D eigenvalue weighted by atomic mass is 10.2. The number of esters is 1. The van der Waals surface area contributed by atoms with Crippen LogP contribution in [0.5, 0.6) is 0 Å². The Kier molecular flexibility index (Phi) is 9.40. The largest absolute Gasteiger partial charge is 0.464 e. The maximum Gasteiger partial charge on any atom is 0.334 e. The van der Waals surface area contributed by atoms with Crippen molar-refractivity contribution in [3.8, 4) is 0 Å². The van der Waals surface area contributed by atoms with Gasteiger partial charge in [0.25, 0.3) is 0 Å². The predicted molar refractivity (Wildman–Crippen MR) is 43.6 cm³/mol. The standard InChI is InChI=1S/C6H13NO3.ClH/c1-2-10-6(9)5(8)3-4-7;/h5,8H,2-4,7H2,1H3;1H. The molecule has 0 saturated heterocycles. The first-order valence-corrected chi connectivity index (χ1v) is 3.27. The summed E-state index contributed by atoms with van der Waals surface area (Å²) in [5.41, 5.74) is 5.10. The fraction of sp³-hybridized carbons (Fsp3) is 0.833. The lowest BCUT2D eigenvalue weighted by molar-refractivity contribution is -0.153. The van der Waals surface area contributed by atoms with Crippen LogP contribution >= 0.6 is 12.4 Å². The Balaban J connectivity index is 0. The second-order valence-electron chi connectivity index (χ2n) is 1.85. The van der Waals surface area contributed by atoms with Gasteiger partial charge in [-0.25, -0.2) is 4.79 Å². The molecule has 3 N–H and O–H groups in total. The van der Waals surface area contributed by atoms with Crippen LogP contribution in [0.3, 0.4) is 0 Å². The fourth-order valence-corrected chi connectivity index (χ4v) is 0.514. The van der Waals surface area contributed by atoms with Crippen LogP contribution in [0.25, 0.3) is 0 Å². The van der Waals surface area contributed by atoms with Crippen molar-refractivity contribution in [1.29, 1.82) is 0 Å². The number of aliphatic hydroxyl groups is 1. The molecule has 0 aliphatic rings. The lowest BCUT2D eigenvalue weighted by Crippen LogP contribution is -2.25. The third-order valence-corrected chi connectivity index (χ3v) is 0.999. The molecule has 0 bridgehead atoms. The van der Waals surface area contributed by atoms with Gasteiger partial charge in [0.2, 0.25) is 0 Å². The van der Waals surface area contributed by atoms with Crippen LogP contribution in [0.4, 0.5) is 0 Å². The van der Waals surface area contributed by atoms with E-state index in [1.807, 2.05) is 0 Å². The molecule has 0 spiro atoms. The quantitative estimate of drug-likeness (QED) is 0.586. The Morgan fingerprint density at radius 3 is 2.64 bits per heavy atom. The summed E-state index contributed by atoms with van der Waals surface area (Å²) in [6.07, 6.45) is -0.788. The van der Waals surface area contributed by atoms with Crippen LogP contribution in [-0.4, -0.2) is 30.3 Å². The molecule has 0 aromatic rings. The molecule has 1 atom stereocenters. The zero-order valence-corrected chi connectivity index (χ0v) is 7.26. The molecule has 0 fully saturated rings. The molecule has 0 aliphatic carbocycles. The first-order chi connectivity index (χ1) is 4.72. The van der Waals surface area contributed by atoms with E-state index in [2.05, 4.69) is 4.74 Å². The molecule has 0 aromatic carbocycles. The highest BCUT2D eigenvalue weighted by molar-refractivity contribution is 5.85. The second kappa shape index (κ2) is 7.78. The highest BCUT2D eigenvalue weighted by Crippen LogP contribution is 1.92. The Morgan fingerprint density at radius 1 is 1.73 bits per heavy atom. The number of aliphatic hydroxyl groups excluding tert-OH is 1. The summed E-state index contributed by atoms with van der Waals surface area (Å²) in [5.74, 6) is -0.590. The van der Waals surface area contributed by atoms with Crippen molar-refractivity contribution in [1.82, 2.24) is 0 Å². The van der Waals surface area contributed by atoms with Crippen LogP contribution in [0.2, 0.25) is 0 Å². The minimum absolute atomic E-state index is 0. The average Bonchev–Trinajstić information content (AvgIpc) is 1.89. The molecule has 0 saturated carbocycles. The van der Waals surface area contributed by atoms with Crippen molar-refractivity contribution >= 4 is 18.4 Å². The molecule has 0 radical (unpaired) electrons. The number of carbonyl (C=O) groups is 1. The summed E-state index contributed by atoms with van der Waals surface area (Å²) in [7, 11) is 0. The third-order valence-electron chi connectivity index (χ3n) is 0.999. The molecule has 0 heterocycles. The molecular weight excluding hydrogens is 170 g/mol. The van der Waals surface area contributed by atoms with Gasteiger partial charge < -0.3 is 15.6 Å². The van der Waals surface area contributed by atoms with E-state index < -0.39 is 12.1 Å². The van der Waals surface area contributed by atoms with Crippen molar-refractivity contribution < 1.29 is 14.6 Å². The number of nitrogens with two attached hydrogens (primary N) is 1. The van der Waals surface area contributed by atoms with E-state index in [-0.39, 0.29) is 18.8 Å². The van der Waals surface area contributed by atoms with E-state index >= 15 is 0 Å². The molecule has 4 nitrogen and oxygen atoms in total. The Labute approximate surface area is 72.1 Å². The van der Waals surface area contributed by atoms with Crippen molar-refractivity contribution in [3.05, 3.63) is 0 Å². The van der Waals surface area contributed by atoms with Gasteiger partial charge in [-0.15, -0.1) is 12.4 Å². The number of rotatable bonds is 4. The van der Waals surface area contributed by atoms with Gasteiger partial charge in [0.1, 0.15) is 0 Å². The molecule has 68 valence electrons.